The number of nitrogens with one attached hydrogen (secondary N) is 3. The number of nitrogens with zero attached hydrogens (tertiary/aromatic N) is 3. The summed E-state index contributed by atoms with van der Waals surface area (Å²) in [5, 5.41) is 9.24. The summed E-state index contributed by atoms with van der Waals surface area (Å²) in [6.07, 6.45) is 1.63. The fourth-order valence-electron chi connectivity index (χ4n) is 3.27. The number of halogens is 3. The molecule has 3 rings (SSSR count). The molecular formula is C22H28F3N7. The number of pyridine rings is 1. The molecule has 10 heteroatoms. The highest BCUT2D eigenvalue weighted by atomic mass is 19.4. The van der Waals surface area contributed by atoms with E-state index in [1.807, 2.05) is 26.0 Å². The van der Waals surface area contributed by atoms with E-state index in [1.165, 1.54) is 12.5 Å². The van der Waals surface area contributed by atoms with Crippen molar-refractivity contribution in [1.82, 2.24) is 15.6 Å². The van der Waals surface area contributed by atoms with Crippen LogP contribution in [0.25, 0.3) is 5.57 Å². The first-order chi connectivity index (χ1) is 15.3. The Kier molecular flexibility index (Phi) is 7.75. The van der Waals surface area contributed by atoms with Crippen LogP contribution in [0.2, 0.25) is 0 Å². The van der Waals surface area contributed by atoms with Crippen LogP contribution in [-0.2, 0) is 0 Å². The summed E-state index contributed by atoms with van der Waals surface area (Å²) in [7, 11) is 0. The van der Waals surface area contributed by atoms with E-state index in [-0.39, 0.29) is 18.1 Å². The SMILES string of the molecule is CC(CN=CN=CN)NC1Nc2ccc(C#CC3CC3)nc2/C(=C\NCC(F)(F)F)C1C. The molecular weight excluding hydrogens is 419 g/mol. The Morgan fingerprint density at radius 3 is 2.84 bits per heavy atom. The Bertz CT molecular complexity index is 939. The molecule has 3 atom stereocenters. The zero-order valence-electron chi connectivity index (χ0n) is 18.1. The summed E-state index contributed by atoms with van der Waals surface area (Å²) in [5.74, 6) is 6.51. The molecule has 1 fully saturated rings. The summed E-state index contributed by atoms with van der Waals surface area (Å²) in [4.78, 5) is 12.5. The molecule has 2 aliphatic rings. The predicted molar refractivity (Wildman–Crippen MR) is 121 cm³/mol. The van der Waals surface area contributed by atoms with Crippen molar-refractivity contribution in [2.45, 2.75) is 45.1 Å². The quantitative estimate of drug-likeness (QED) is 0.293. The Morgan fingerprint density at radius 2 is 2.16 bits per heavy atom. The van der Waals surface area contributed by atoms with Crippen molar-refractivity contribution in [2.24, 2.45) is 27.6 Å². The molecule has 0 amide bonds. The number of rotatable bonds is 7. The van der Waals surface area contributed by atoms with Crippen molar-refractivity contribution in [3.8, 4) is 11.8 Å². The largest absolute Gasteiger partial charge is 0.405 e. The number of nitrogens with two attached hydrogens (primary N) is 1. The van der Waals surface area contributed by atoms with Gasteiger partial charge in [-0.15, -0.1) is 0 Å². The molecule has 0 radical (unpaired) electrons. The maximum atomic E-state index is 12.7. The van der Waals surface area contributed by atoms with Crippen LogP contribution in [0.15, 0.2) is 28.3 Å². The Hall–Kier alpha value is -3.06. The molecule has 0 bridgehead atoms. The van der Waals surface area contributed by atoms with Gasteiger partial charge >= 0.3 is 6.18 Å². The van der Waals surface area contributed by atoms with E-state index >= 15 is 0 Å². The molecule has 172 valence electrons. The van der Waals surface area contributed by atoms with Crippen LogP contribution in [0.4, 0.5) is 18.9 Å². The first kappa shape index (κ1) is 23.6. The molecule has 32 heavy (non-hydrogen) atoms. The molecule has 3 unspecified atom stereocenters. The maximum absolute atomic E-state index is 12.7. The number of aliphatic imine (C=N–C) groups is 2. The maximum Gasteiger partial charge on any atom is 0.405 e. The third-order valence-corrected chi connectivity index (χ3v) is 5.09. The molecule has 1 aromatic heterocycles. The van der Waals surface area contributed by atoms with Crippen LogP contribution in [0.3, 0.4) is 0 Å². The average Bonchev–Trinajstić information content (AvgIpc) is 3.56. The van der Waals surface area contributed by atoms with E-state index in [4.69, 9.17) is 5.73 Å². The van der Waals surface area contributed by atoms with Crippen molar-refractivity contribution in [2.75, 3.05) is 18.4 Å². The van der Waals surface area contributed by atoms with Gasteiger partial charge in [0.25, 0.3) is 0 Å². The first-order valence-electron chi connectivity index (χ1n) is 10.5. The predicted octanol–water partition coefficient (Wildman–Crippen LogP) is 2.72. The van der Waals surface area contributed by atoms with Crippen LogP contribution in [0.1, 0.15) is 38.1 Å². The zero-order valence-corrected chi connectivity index (χ0v) is 18.1. The Morgan fingerprint density at radius 1 is 1.38 bits per heavy atom. The fraction of sp³-hybridized carbons (Fsp3) is 0.500. The van der Waals surface area contributed by atoms with E-state index in [0.717, 1.165) is 24.9 Å². The summed E-state index contributed by atoms with van der Waals surface area (Å²) >= 11 is 0. The molecule has 1 aliphatic heterocycles. The van der Waals surface area contributed by atoms with E-state index in [9.17, 15) is 13.2 Å². The van der Waals surface area contributed by atoms with Gasteiger partial charge in [-0.25, -0.2) is 9.98 Å². The van der Waals surface area contributed by atoms with Gasteiger partial charge in [-0.1, -0.05) is 12.8 Å². The van der Waals surface area contributed by atoms with Gasteiger partial charge in [0.2, 0.25) is 0 Å². The number of hydrogen-bond donors (Lipinski definition) is 4. The van der Waals surface area contributed by atoms with Gasteiger partial charge in [0.05, 0.1) is 30.4 Å². The standard InChI is InChI=1S/C22H28F3N7/c1-14(9-28-13-29-12-26)30-21-15(2)18(10-27-11-22(23,24)25)20-19(32-21)8-7-17(31-20)6-5-16-3-4-16/h7-8,10,12-16,21,27,30,32H,3-4,9,11H2,1-2H3,(H2,26,28,29)/b18-10-. The third-order valence-electron chi connectivity index (χ3n) is 5.09. The van der Waals surface area contributed by atoms with E-state index in [2.05, 4.69) is 42.8 Å². The Labute approximate surface area is 185 Å². The zero-order chi connectivity index (χ0) is 23.1. The van der Waals surface area contributed by atoms with Gasteiger partial charge in [-0.2, -0.15) is 13.2 Å². The molecule has 0 aromatic carbocycles. The van der Waals surface area contributed by atoms with Crippen LogP contribution in [0, 0.1) is 23.7 Å². The summed E-state index contributed by atoms with van der Waals surface area (Å²) < 4.78 is 38.1. The number of hydrogen-bond acceptors (Lipinski definition) is 5. The van der Waals surface area contributed by atoms with Crippen molar-refractivity contribution >= 4 is 23.9 Å². The topological polar surface area (TPSA) is 99.7 Å². The van der Waals surface area contributed by atoms with E-state index in [0.29, 0.717) is 29.4 Å². The third kappa shape index (κ3) is 6.99. The van der Waals surface area contributed by atoms with Gasteiger partial charge in [0, 0.05) is 29.7 Å². The summed E-state index contributed by atoms with van der Waals surface area (Å²) in [5.41, 5.74) is 7.82. The lowest BCUT2D eigenvalue weighted by Crippen LogP contribution is -2.49. The number of aromatic nitrogens is 1. The van der Waals surface area contributed by atoms with Gasteiger partial charge < -0.3 is 16.4 Å². The van der Waals surface area contributed by atoms with Crippen molar-refractivity contribution in [3.05, 3.63) is 29.7 Å². The second kappa shape index (κ2) is 10.5. The number of alkyl halides is 3. The smallest absolute Gasteiger partial charge is 0.390 e. The monoisotopic (exact) mass is 447 g/mol. The highest BCUT2D eigenvalue weighted by Crippen LogP contribution is 2.36. The second-order valence-electron chi connectivity index (χ2n) is 7.99. The molecule has 2 heterocycles. The number of fused-ring (bicyclic) bond motifs is 1. The molecule has 1 saturated carbocycles. The van der Waals surface area contributed by atoms with Gasteiger partial charge in [-0.05, 0) is 37.8 Å². The average molecular weight is 448 g/mol. The minimum atomic E-state index is -4.31. The van der Waals surface area contributed by atoms with Crippen LogP contribution >= 0.6 is 0 Å². The van der Waals surface area contributed by atoms with Gasteiger partial charge in [0.15, 0.2) is 0 Å². The summed E-state index contributed by atoms with van der Waals surface area (Å²) in [6, 6.07) is 3.69. The number of anilines is 1. The van der Waals surface area contributed by atoms with E-state index < -0.39 is 12.7 Å². The molecule has 1 aromatic rings. The van der Waals surface area contributed by atoms with E-state index in [1.54, 1.807) is 0 Å². The van der Waals surface area contributed by atoms with Crippen molar-refractivity contribution in [3.63, 3.8) is 0 Å². The minimum absolute atomic E-state index is 0.0123. The first-order valence-corrected chi connectivity index (χ1v) is 10.5. The Balaban J connectivity index is 1.82. The van der Waals surface area contributed by atoms with Crippen LogP contribution < -0.4 is 21.7 Å². The van der Waals surface area contributed by atoms with Crippen LogP contribution in [0.5, 0.6) is 0 Å². The molecule has 1 aliphatic carbocycles. The molecule has 5 N–H and O–H groups in total. The highest BCUT2D eigenvalue weighted by Gasteiger charge is 2.32. The highest BCUT2D eigenvalue weighted by molar-refractivity contribution is 5.78. The lowest BCUT2D eigenvalue weighted by molar-refractivity contribution is -0.122. The summed E-state index contributed by atoms with van der Waals surface area (Å²) in [6.45, 7) is 3.26. The van der Waals surface area contributed by atoms with Crippen molar-refractivity contribution in [1.29, 1.82) is 0 Å². The normalized spacial score (nSPS) is 23.0. The molecule has 0 spiro atoms. The fourth-order valence-corrected chi connectivity index (χ4v) is 3.27. The van der Waals surface area contributed by atoms with Gasteiger partial charge in [0.1, 0.15) is 18.6 Å². The molecule has 0 saturated heterocycles. The molecule has 7 nitrogen and oxygen atoms in total. The minimum Gasteiger partial charge on any atom is -0.390 e. The van der Waals surface area contributed by atoms with Crippen molar-refractivity contribution < 1.29 is 13.2 Å². The lowest BCUT2D eigenvalue weighted by Gasteiger charge is -2.36. The lowest BCUT2D eigenvalue weighted by atomic mass is 9.90. The van der Waals surface area contributed by atoms with Gasteiger partial charge in [-0.3, -0.25) is 10.3 Å². The second-order valence-corrected chi connectivity index (χ2v) is 7.99. The van der Waals surface area contributed by atoms with Crippen LogP contribution in [-0.4, -0.2) is 49.1 Å².